The number of ether oxygens (including phenoxy) is 2. The van der Waals surface area contributed by atoms with E-state index in [1.165, 1.54) is 13.0 Å². The lowest BCUT2D eigenvalue weighted by Crippen LogP contribution is -2.42. The first-order chi connectivity index (χ1) is 22.4. The second kappa shape index (κ2) is 14.0. The van der Waals surface area contributed by atoms with Crippen molar-refractivity contribution in [3.8, 4) is 5.75 Å². The first-order valence-corrected chi connectivity index (χ1v) is 17.6. The molecule has 0 radical (unpaired) electrons. The first-order valence-electron chi connectivity index (χ1n) is 15.2. The van der Waals surface area contributed by atoms with E-state index >= 15 is 0 Å². The summed E-state index contributed by atoms with van der Waals surface area (Å²) in [6.07, 6.45) is -0.976. The summed E-state index contributed by atoms with van der Waals surface area (Å²) in [6.45, 7) is 6.19. The lowest BCUT2D eigenvalue weighted by atomic mass is 9.84. The lowest BCUT2D eigenvalue weighted by molar-refractivity contribution is -0.131. The lowest BCUT2D eigenvalue weighted by Gasteiger charge is -2.36. The standard InChI is InChI=1S/C38H37NO6S2/c1-28(40)44-34-24-14-23-33-32(34)22-15-25-35(33)47(42,43)39(36(41)45-37(2,3)4)26-27-46-38(29-16-8-5-9-17-29,30-18-10-6-11-19-30)31-20-12-7-13-21-31/h5-25H,26-27H2,1-4H3. The van der Waals surface area contributed by atoms with Crippen LogP contribution in [0.2, 0.25) is 0 Å². The molecular formula is C38H37NO6S2. The molecule has 47 heavy (non-hydrogen) atoms. The van der Waals surface area contributed by atoms with Crippen molar-refractivity contribution in [2.24, 2.45) is 0 Å². The molecule has 5 aromatic rings. The van der Waals surface area contributed by atoms with Crippen molar-refractivity contribution in [3.05, 3.63) is 144 Å². The number of esters is 1. The van der Waals surface area contributed by atoms with Gasteiger partial charge in [-0.25, -0.2) is 13.2 Å². The maximum atomic E-state index is 14.5. The number of rotatable bonds is 10. The Morgan fingerprint density at radius 2 is 1.17 bits per heavy atom. The van der Waals surface area contributed by atoms with Crippen LogP contribution in [0.5, 0.6) is 5.75 Å². The molecule has 0 aliphatic carbocycles. The maximum absolute atomic E-state index is 14.5. The van der Waals surface area contributed by atoms with Crippen LogP contribution in [0.15, 0.2) is 132 Å². The van der Waals surface area contributed by atoms with Gasteiger partial charge in [0.05, 0.1) is 9.64 Å². The van der Waals surface area contributed by atoms with Crippen molar-refractivity contribution < 1.29 is 27.5 Å². The third kappa shape index (κ3) is 7.37. The van der Waals surface area contributed by atoms with Gasteiger partial charge in [-0.2, -0.15) is 4.31 Å². The van der Waals surface area contributed by atoms with Gasteiger partial charge in [0.25, 0.3) is 10.0 Å². The zero-order valence-electron chi connectivity index (χ0n) is 26.8. The molecule has 0 N–H and O–H groups in total. The van der Waals surface area contributed by atoms with E-state index in [0.29, 0.717) is 10.8 Å². The summed E-state index contributed by atoms with van der Waals surface area (Å²) < 4.78 is 40.1. The third-order valence-corrected chi connectivity index (χ3v) is 10.8. The van der Waals surface area contributed by atoms with Gasteiger partial charge in [0, 0.05) is 30.0 Å². The van der Waals surface area contributed by atoms with Crippen molar-refractivity contribution in [1.29, 1.82) is 0 Å². The molecule has 0 aromatic heterocycles. The van der Waals surface area contributed by atoms with Crippen LogP contribution < -0.4 is 4.74 Å². The normalized spacial score (nSPS) is 12.0. The number of carbonyl (C=O) groups excluding carboxylic acids is 2. The van der Waals surface area contributed by atoms with Gasteiger partial charge in [-0.15, -0.1) is 11.8 Å². The van der Waals surface area contributed by atoms with Gasteiger partial charge in [0.15, 0.2) is 0 Å². The zero-order valence-corrected chi connectivity index (χ0v) is 28.4. The van der Waals surface area contributed by atoms with E-state index in [-0.39, 0.29) is 22.9 Å². The summed E-state index contributed by atoms with van der Waals surface area (Å²) in [5.41, 5.74) is 2.10. The van der Waals surface area contributed by atoms with Crippen molar-refractivity contribution in [3.63, 3.8) is 0 Å². The summed E-state index contributed by atoms with van der Waals surface area (Å²) >= 11 is 1.54. The molecule has 0 bridgehead atoms. The maximum Gasteiger partial charge on any atom is 0.424 e. The van der Waals surface area contributed by atoms with Gasteiger partial charge in [-0.05, 0) is 49.6 Å². The Morgan fingerprint density at radius 1 is 0.681 bits per heavy atom. The SMILES string of the molecule is CC(=O)Oc1cccc2c(S(=O)(=O)N(CCSC(c3ccccc3)(c3ccccc3)c3ccccc3)C(=O)OC(C)(C)C)cccc12. The molecule has 0 atom stereocenters. The van der Waals surface area contributed by atoms with Gasteiger partial charge in [0.1, 0.15) is 11.4 Å². The number of hydrogen-bond donors (Lipinski definition) is 0. The number of thioether (sulfide) groups is 1. The number of sulfonamides is 1. The average Bonchev–Trinajstić information content (AvgIpc) is 3.05. The minimum atomic E-state index is -4.45. The van der Waals surface area contributed by atoms with Crippen molar-refractivity contribution in [2.45, 2.75) is 42.9 Å². The molecule has 0 unspecified atom stereocenters. The summed E-state index contributed by atoms with van der Waals surface area (Å²) in [6, 6.07) is 39.7. The number of benzene rings is 5. The smallest absolute Gasteiger partial charge is 0.424 e. The van der Waals surface area contributed by atoms with Crippen LogP contribution in [0, 0.1) is 0 Å². The van der Waals surface area contributed by atoms with E-state index in [4.69, 9.17) is 9.47 Å². The number of amides is 1. The fourth-order valence-electron chi connectivity index (χ4n) is 5.51. The van der Waals surface area contributed by atoms with Crippen LogP contribution in [-0.2, 0) is 24.3 Å². The van der Waals surface area contributed by atoms with E-state index in [1.54, 1.807) is 62.9 Å². The highest BCUT2D eigenvalue weighted by molar-refractivity contribution is 8.00. The topological polar surface area (TPSA) is 90.0 Å². The van der Waals surface area contributed by atoms with E-state index in [9.17, 15) is 18.0 Å². The van der Waals surface area contributed by atoms with Crippen LogP contribution in [0.1, 0.15) is 44.4 Å². The van der Waals surface area contributed by atoms with E-state index in [0.717, 1.165) is 21.0 Å². The fraction of sp³-hybridized carbons (Fsp3) is 0.211. The molecule has 7 nitrogen and oxygen atoms in total. The van der Waals surface area contributed by atoms with E-state index in [1.807, 2.05) is 54.6 Å². The van der Waals surface area contributed by atoms with Gasteiger partial charge < -0.3 is 9.47 Å². The monoisotopic (exact) mass is 667 g/mol. The van der Waals surface area contributed by atoms with Crippen molar-refractivity contribution in [1.82, 2.24) is 4.31 Å². The van der Waals surface area contributed by atoms with Gasteiger partial charge >= 0.3 is 12.1 Å². The molecule has 0 saturated heterocycles. The van der Waals surface area contributed by atoms with Crippen LogP contribution in [-0.4, -0.2) is 42.7 Å². The Labute approximate surface area is 280 Å². The quantitative estimate of drug-likeness (QED) is 0.0839. The molecule has 1 amide bonds. The summed E-state index contributed by atoms with van der Waals surface area (Å²) in [5, 5.41) is 0.748. The number of hydrogen-bond acceptors (Lipinski definition) is 7. The molecule has 0 fully saturated rings. The Balaban J connectivity index is 1.59. The molecule has 0 spiro atoms. The first kappa shape index (κ1) is 33.8. The van der Waals surface area contributed by atoms with Crippen LogP contribution in [0.25, 0.3) is 10.8 Å². The molecule has 9 heteroatoms. The fourth-order valence-corrected chi connectivity index (χ4v) is 8.63. The summed E-state index contributed by atoms with van der Waals surface area (Å²) in [7, 11) is -4.45. The van der Waals surface area contributed by atoms with Crippen LogP contribution in [0.4, 0.5) is 4.79 Å². The molecule has 242 valence electrons. The van der Waals surface area contributed by atoms with Gasteiger partial charge in [-0.1, -0.05) is 115 Å². The van der Waals surface area contributed by atoms with Crippen molar-refractivity contribution in [2.75, 3.05) is 12.3 Å². The second-order valence-electron chi connectivity index (χ2n) is 11.9. The number of nitrogens with zero attached hydrogens (tertiary/aromatic N) is 1. The summed E-state index contributed by atoms with van der Waals surface area (Å²) in [4.78, 5) is 25.4. The molecule has 0 aliphatic heterocycles. The second-order valence-corrected chi connectivity index (χ2v) is 15.0. The Bertz CT molecular complexity index is 1860. The van der Waals surface area contributed by atoms with Gasteiger partial charge in [0.2, 0.25) is 0 Å². The van der Waals surface area contributed by atoms with Crippen LogP contribution in [0.3, 0.4) is 0 Å². The summed E-state index contributed by atoms with van der Waals surface area (Å²) in [5.74, 6) is -0.0673. The highest BCUT2D eigenvalue weighted by Crippen LogP contribution is 2.48. The Morgan fingerprint density at radius 3 is 1.66 bits per heavy atom. The number of fused-ring (bicyclic) bond motifs is 1. The molecule has 5 rings (SSSR count). The van der Waals surface area contributed by atoms with E-state index in [2.05, 4.69) is 36.4 Å². The van der Waals surface area contributed by atoms with E-state index < -0.39 is 32.4 Å². The Hall–Kier alpha value is -4.60. The largest absolute Gasteiger partial charge is 0.443 e. The third-order valence-electron chi connectivity index (χ3n) is 7.41. The highest BCUT2D eigenvalue weighted by atomic mass is 32.2. The molecule has 5 aromatic carbocycles. The molecule has 0 heterocycles. The minimum absolute atomic E-state index is 0.0969. The highest BCUT2D eigenvalue weighted by Gasteiger charge is 2.39. The zero-order chi connectivity index (χ0) is 33.7. The van der Waals surface area contributed by atoms with Crippen molar-refractivity contribution >= 4 is 44.6 Å². The molecule has 0 aliphatic rings. The predicted octanol–water partition coefficient (Wildman–Crippen LogP) is 8.42. The van der Waals surface area contributed by atoms with Gasteiger partial charge in [-0.3, -0.25) is 4.79 Å². The molecular weight excluding hydrogens is 631 g/mol. The van der Waals surface area contributed by atoms with Crippen LogP contribution >= 0.6 is 11.8 Å². The predicted molar refractivity (Wildman–Crippen MR) is 187 cm³/mol. The number of carbonyl (C=O) groups is 2. The average molecular weight is 668 g/mol. The minimum Gasteiger partial charge on any atom is -0.443 e. The molecule has 0 saturated carbocycles. The Kier molecular flexibility index (Phi) is 10.1.